The molecule has 2 unspecified atom stereocenters. The van der Waals surface area contributed by atoms with Crippen LogP contribution in [0.25, 0.3) is 10.2 Å². The van der Waals surface area contributed by atoms with Crippen LogP contribution in [0.15, 0.2) is 4.79 Å². The van der Waals surface area contributed by atoms with Gasteiger partial charge in [-0.15, -0.1) is 23.1 Å². The Labute approximate surface area is 150 Å². The van der Waals surface area contributed by atoms with Crippen molar-refractivity contribution in [1.82, 2.24) is 15.3 Å². The molecule has 2 heterocycles. The van der Waals surface area contributed by atoms with E-state index in [9.17, 15) is 9.59 Å². The quantitative estimate of drug-likeness (QED) is 0.821. The van der Waals surface area contributed by atoms with Gasteiger partial charge < -0.3 is 10.3 Å². The summed E-state index contributed by atoms with van der Waals surface area (Å²) in [7, 11) is 0. The second-order valence-corrected chi connectivity index (χ2v) is 9.00. The number of carbonyl (C=O) groups is 1. The van der Waals surface area contributed by atoms with Gasteiger partial charge in [-0.1, -0.05) is 13.8 Å². The largest absolute Gasteiger partial charge is 0.352 e. The molecule has 132 valence electrons. The Morgan fingerprint density at radius 3 is 2.58 bits per heavy atom. The standard InChI is InChI=1S/C17H25N3O2S2/c1-8(2)10(4)18-15(21)12(6)23-7-13-19-16(22)14-9(3)11(5)24-17(14)20-13/h8,10,12H,7H2,1-6H3,(H,18,21)(H,19,20,22). The predicted octanol–water partition coefficient (Wildman–Crippen LogP) is 3.38. The minimum atomic E-state index is -0.195. The zero-order chi connectivity index (χ0) is 18.0. The minimum Gasteiger partial charge on any atom is -0.352 e. The summed E-state index contributed by atoms with van der Waals surface area (Å²) in [5.74, 6) is 1.55. The lowest BCUT2D eigenvalue weighted by Gasteiger charge is -2.20. The van der Waals surface area contributed by atoms with E-state index in [1.165, 1.54) is 23.1 Å². The Bertz CT molecular complexity index is 795. The van der Waals surface area contributed by atoms with Crippen molar-refractivity contribution in [3.63, 3.8) is 0 Å². The first-order chi connectivity index (χ1) is 11.2. The molecule has 5 nitrogen and oxygen atoms in total. The number of H-pyrrole nitrogens is 1. The van der Waals surface area contributed by atoms with Crippen molar-refractivity contribution < 1.29 is 4.79 Å². The van der Waals surface area contributed by atoms with E-state index in [1.54, 1.807) is 0 Å². The normalized spacial score (nSPS) is 14.1. The molecule has 0 aliphatic rings. The summed E-state index contributed by atoms with van der Waals surface area (Å²) in [6.07, 6.45) is 0. The molecule has 7 heteroatoms. The van der Waals surface area contributed by atoms with Crippen molar-refractivity contribution in [2.45, 2.75) is 58.6 Å². The highest BCUT2D eigenvalue weighted by Crippen LogP contribution is 2.26. The molecule has 0 fully saturated rings. The number of nitrogens with zero attached hydrogens (tertiary/aromatic N) is 1. The van der Waals surface area contributed by atoms with Gasteiger partial charge in [-0.3, -0.25) is 9.59 Å². The maximum Gasteiger partial charge on any atom is 0.259 e. The van der Waals surface area contributed by atoms with Crippen molar-refractivity contribution in [3.8, 4) is 0 Å². The van der Waals surface area contributed by atoms with Crippen LogP contribution < -0.4 is 10.9 Å². The first kappa shape index (κ1) is 19.0. The number of thiophene rings is 1. The third-order valence-corrected chi connectivity index (χ3v) is 6.55. The molecule has 2 atom stereocenters. The Morgan fingerprint density at radius 2 is 1.96 bits per heavy atom. The van der Waals surface area contributed by atoms with Crippen molar-refractivity contribution in [1.29, 1.82) is 0 Å². The Balaban J connectivity index is 2.05. The van der Waals surface area contributed by atoms with Crippen LogP contribution in [0.1, 0.15) is 44.0 Å². The van der Waals surface area contributed by atoms with E-state index in [4.69, 9.17) is 0 Å². The lowest BCUT2D eigenvalue weighted by atomic mass is 10.1. The number of aromatic amines is 1. The fourth-order valence-corrected chi connectivity index (χ4v) is 3.97. The molecule has 0 saturated carbocycles. The SMILES string of the molecule is Cc1sc2nc(CSC(C)C(=O)NC(C)C(C)C)[nH]c(=O)c2c1C. The molecule has 0 bridgehead atoms. The topological polar surface area (TPSA) is 74.8 Å². The summed E-state index contributed by atoms with van der Waals surface area (Å²) in [5.41, 5.74) is 0.904. The maximum atomic E-state index is 12.3. The summed E-state index contributed by atoms with van der Waals surface area (Å²) < 4.78 is 0. The summed E-state index contributed by atoms with van der Waals surface area (Å²) in [6, 6.07) is 0.145. The first-order valence-electron chi connectivity index (χ1n) is 8.11. The fourth-order valence-electron chi connectivity index (χ4n) is 2.16. The van der Waals surface area contributed by atoms with Gasteiger partial charge in [0, 0.05) is 10.9 Å². The summed E-state index contributed by atoms with van der Waals surface area (Å²) in [5, 5.41) is 3.50. The second-order valence-electron chi connectivity index (χ2n) is 6.47. The molecular formula is C17H25N3O2S2. The van der Waals surface area contributed by atoms with Gasteiger partial charge in [0.05, 0.1) is 16.4 Å². The monoisotopic (exact) mass is 367 g/mol. The molecule has 2 aromatic heterocycles. The average molecular weight is 368 g/mol. The van der Waals surface area contributed by atoms with Crippen LogP contribution in [0.3, 0.4) is 0 Å². The van der Waals surface area contributed by atoms with Gasteiger partial charge >= 0.3 is 0 Å². The lowest BCUT2D eigenvalue weighted by Crippen LogP contribution is -2.40. The van der Waals surface area contributed by atoms with Gasteiger partial charge in [0.15, 0.2) is 0 Å². The highest BCUT2D eigenvalue weighted by molar-refractivity contribution is 7.99. The Morgan fingerprint density at radius 1 is 1.29 bits per heavy atom. The lowest BCUT2D eigenvalue weighted by molar-refractivity contribution is -0.121. The maximum absolute atomic E-state index is 12.3. The van der Waals surface area contributed by atoms with Crippen LogP contribution in [0, 0.1) is 19.8 Å². The van der Waals surface area contributed by atoms with Crippen LogP contribution >= 0.6 is 23.1 Å². The van der Waals surface area contributed by atoms with Crippen molar-refractivity contribution in [2.75, 3.05) is 0 Å². The molecule has 0 aliphatic carbocycles. The van der Waals surface area contributed by atoms with Gasteiger partial charge in [0.2, 0.25) is 5.91 Å². The molecule has 0 spiro atoms. The summed E-state index contributed by atoms with van der Waals surface area (Å²) >= 11 is 3.02. The average Bonchev–Trinajstić information content (AvgIpc) is 2.79. The van der Waals surface area contributed by atoms with Crippen LogP contribution in [0.4, 0.5) is 0 Å². The molecule has 0 aromatic carbocycles. The van der Waals surface area contributed by atoms with Gasteiger partial charge in [-0.2, -0.15) is 0 Å². The smallest absolute Gasteiger partial charge is 0.259 e. The molecule has 0 saturated heterocycles. The number of nitrogens with one attached hydrogen (secondary N) is 2. The minimum absolute atomic E-state index is 0.0208. The fraction of sp³-hybridized carbons (Fsp3) is 0.588. The van der Waals surface area contributed by atoms with Crippen molar-refractivity contribution in [2.24, 2.45) is 5.92 Å². The molecule has 24 heavy (non-hydrogen) atoms. The number of aromatic nitrogens is 2. The van der Waals surface area contributed by atoms with Crippen LogP contribution in [0.2, 0.25) is 0 Å². The molecule has 2 rings (SSSR count). The highest BCUT2D eigenvalue weighted by atomic mass is 32.2. The molecular weight excluding hydrogens is 342 g/mol. The number of fused-ring (bicyclic) bond motifs is 1. The summed E-state index contributed by atoms with van der Waals surface area (Å²) in [4.78, 5) is 33.7. The van der Waals surface area contributed by atoms with Crippen LogP contribution in [-0.2, 0) is 10.5 Å². The third kappa shape index (κ3) is 4.19. The van der Waals surface area contributed by atoms with E-state index >= 15 is 0 Å². The van der Waals surface area contributed by atoms with Crippen LogP contribution in [-0.4, -0.2) is 27.2 Å². The number of aryl methyl sites for hydroxylation is 2. The third-order valence-electron chi connectivity index (χ3n) is 4.30. The zero-order valence-corrected chi connectivity index (χ0v) is 16.7. The van der Waals surface area contributed by atoms with Gasteiger partial charge in [0.1, 0.15) is 10.7 Å². The van der Waals surface area contributed by atoms with Crippen molar-refractivity contribution >= 4 is 39.2 Å². The van der Waals surface area contributed by atoms with E-state index in [1.807, 2.05) is 27.7 Å². The number of rotatable bonds is 6. The Hall–Kier alpha value is -1.34. The molecule has 1 amide bonds. The van der Waals surface area contributed by atoms with E-state index in [-0.39, 0.29) is 22.8 Å². The zero-order valence-electron chi connectivity index (χ0n) is 15.0. The molecule has 2 aromatic rings. The summed E-state index contributed by atoms with van der Waals surface area (Å²) in [6.45, 7) is 12.0. The van der Waals surface area contributed by atoms with E-state index in [0.717, 1.165) is 15.3 Å². The van der Waals surface area contributed by atoms with Gasteiger partial charge in [-0.05, 0) is 39.2 Å². The number of hydrogen-bond donors (Lipinski definition) is 2. The van der Waals surface area contributed by atoms with Gasteiger partial charge in [-0.25, -0.2) is 4.98 Å². The van der Waals surface area contributed by atoms with E-state index in [0.29, 0.717) is 22.9 Å². The van der Waals surface area contributed by atoms with E-state index in [2.05, 4.69) is 29.1 Å². The highest BCUT2D eigenvalue weighted by Gasteiger charge is 2.18. The van der Waals surface area contributed by atoms with Crippen LogP contribution in [0.5, 0.6) is 0 Å². The predicted molar refractivity (Wildman–Crippen MR) is 103 cm³/mol. The molecule has 0 radical (unpaired) electrons. The Kier molecular flexibility index (Phi) is 6.09. The number of amides is 1. The molecule has 0 aliphatic heterocycles. The number of hydrogen-bond acceptors (Lipinski definition) is 5. The number of carbonyl (C=O) groups excluding carboxylic acids is 1. The number of thioether (sulfide) groups is 1. The van der Waals surface area contributed by atoms with E-state index < -0.39 is 0 Å². The molecule has 2 N–H and O–H groups in total. The first-order valence-corrected chi connectivity index (χ1v) is 9.98. The van der Waals surface area contributed by atoms with Crippen molar-refractivity contribution in [3.05, 3.63) is 26.6 Å². The van der Waals surface area contributed by atoms with Gasteiger partial charge in [0.25, 0.3) is 5.56 Å². The second kappa shape index (κ2) is 7.70.